The van der Waals surface area contributed by atoms with Crippen LogP contribution in [-0.4, -0.2) is 35.0 Å². The van der Waals surface area contributed by atoms with Crippen LogP contribution in [0.5, 0.6) is 0 Å². The minimum absolute atomic E-state index is 0.103. The summed E-state index contributed by atoms with van der Waals surface area (Å²) in [5.41, 5.74) is 0. The van der Waals surface area contributed by atoms with Gasteiger partial charge in [-0.15, -0.1) is 0 Å². The second-order valence-electron chi connectivity index (χ2n) is 2.88. The minimum atomic E-state index is -4.11. The van der Waals surface area contributed by atoms with Gasteiger partial charge < -0.3 is 5.32 Å². The third-order valence-electron chi connectivity index (χ3n) is 1.58. The maximum Gasteiger partial charge on any atom is 0.390 e. The zero-order chi connectivity index (χ0) is 10.5. The van der Waals surface area contributed by atoms with E-state index in [-0.39, 0.29) is 11.8 Å². The molecule has 6 heteroatoms. The van der Waals surface area contributed by atoms with Crippen LogP contribution in [0, 0.1) is 0 Å². The van der Waals surface area contributed by atoms with Crippen molar-refractivity contribution in [2.45, 2.75) is 24.8 Å². The fourth-order valence-electron chi connectivity index (χ4n) is 0.653. The van der Waals surface area contributed by atoms with Crippen LogP contribution in [0.2, 0.25) is 0 Å². The Labute approximate surface area is 78.3 Å². The lowest BCUT2D eigenvalue weighted by atomic mass is 10.4. The van der Waals surface area contributed by atoms with Crippen molar-refractivity contribution < 1.29 is 17.4 Å². The van der Waals surface area contributed by atoms with E-state index in [1.807, 2.05) is 0 Å². The van der Waals surface area contributed by atoms with E-state index in [4.69, 9.17) is 0 Å². The Morgan fingerprint density at radius 2 is 2.00 bits per heavy atom. The Bertz CT molecular complexity index is 172. The maximum absolute atomic E-state index is 11.6. The second-order valence-corrected chi connectivity index (χ2v) is 4.68. The molecule has 0 spiro atoms. The van der Waals surface area contributed by atoms with Crippen molar-refractivity contribution >= 4 is 10.8 Å². The average molecular weight is 217 g/mol. The fraction of sp³-hybridized carbons (Fsp3) is 1.00. The molecule has 2 unspecified atom stereocenters. The van der Waals surface area contributed by atoms with Gasteiger partial charge in [0.15, 0.2) is 0 Å². The molecule has 0 radical (unpaired) electrons. The standard InChI is InChI=1S/C7H14F3NOS/c1-6(13(2)12)5-11-4-3-7(8,9)10/h6,11H,3-5H2,1-2H3. The summed E-state index contributed by atoms with van der Waals surface area (Å²) < 4.78 is 45.7. The van der Waals surface area contributed by atoms with Crippen LogP contribution in [0.4, 0.5) is 13.2 Å². The van der Waals surface area contributed by atoms with E-state index in [9.17, 15) is 17.4 Å². The van der Waals surface area contributed by atoms with E-state index < -0.39 is 23.4 Å². The number of halogens is 3. The monoisotopic (exact) mass is 217 g/mol. The van der Waals surface area contributed by atoms with Crippen molar-refractivity contribution in [2.75, 3.05) is 19.3 Å². The van der Waals surface area contributed by atoms with Gasteiger partial charge in [-0.05, 0) is 6.92 Å². The van der Waals surface area contributed by atoms with E-state index in [1.165, 1.54) is 6.26 Å². The molecule has 0 saturated heterocycles. The molecule has 0 heterocycles. The second kappa shape index (κ2) is 5.59. The van der Waals surface area contributed by atoms with Crippen molar-refractivity contribution in [2.24, 2.45) is 0 Å². The van der Waals surface area contributed by atoms with Crippen LogP contribution in [-0.2, 0) is 10.8 Å². The van der Waals surface area contributed by atoms with Crippen LogP contribution >= 0.6 is 0 Å². The Hall–Kier alpha value is -0.100. The minimum Gasteiger partial charge on any atom is -0.315 e. The first-order valence-corrected chi connectivity index (χ1v) is 5.55. The van der Waals surface area contributed by atoms with Gasteiger partial charge >= 0.3 is 6.18 Å². The molecule has 2 atom stereocenters. The molecule has 0 rings (SSSR count). The van der Waals surface area contributed by atoms with Gasteiger partial charge in [0.1, 0.15) is 0 Å². The van der Waals surface area contributed by atoms with Crippen LogP contribution < -0.4 is 5.32 Å². The summed E-state index contributed by atoms with van der Waals surface area (Å²) in [4.78, 5) is 0. The molecule has 2 nitrogen and oxygen atoms in total. The van der Waals surface area contributed by atoms with Crippen molar-refractivity contribution in [3.8, 4) is 0 Å². The predicted molar refractivity (Wildman–Crippen MR) is 47.1 cm³/mol. The molecule has 0 aliphatic heterocycles. The van der Waals surface area contributed by atoms with Crippen molar-refractivity contribution in [3.05, 3.63) is 0 Å². The van der Waals surface area contributed by atoms with Gasteiger partial charge in [0, 0.05) is 35.4 Å². The first-order chi connectivity index (χ1) is 5.83. The summed E-state index contributed by atoms with van der Waals surface area (Å²) in [5, 5.41) is 2.51. The highest BCUT2D eigenvalue weighted by atomic mass is 32.2. The van der Waals surface area contributed by atoms with E-state index in [2.05, 4.69) is 5.32 Å². The largest absolute Gasteiger partial charge is 0.390 e. The van der Waals surface area contributed by atoms with E-state index in [1.54, 1.807) is 6.92 Å². The lowest BCUT2D eigenvalue weighted by molar-refractivity contribution is -0.133. The molecule has 0 aromatic heterocycles. The summed E-state index contributed by atoms with van der Waals surface area (Å²) in [7, 11) is -0.979. The van der Waals surface area contributed by atoms with Crippen LogP contribution in [0.3, 0.4) is 0 Å². The number of hydrogen-bond acceptors (Lipinski definition) is 2. The summed E-state index contributed by atoms with van der Waals surface area (Å²) in [5.74, 6) is 0. The Kier molecular flexibility index (Phi) is 5.55. The average Bonchev–Trinajstić information content (AvgIpc) is 1.95. The zero-order valence-corrected chi connectivity index (χ0v) is 8.47. The van der Waals surface area contributed by atoms with Gasteiger partial charge in [-0.2, -0.15) is 13.2 Å². The van der Waals surface area contributed by atoms with E-state index >= 15 is 0 Å². The highest BCUT2D eigenvalue weighted by Gasteiger charge is 2.25. The molecule has 0 fully saturated rings. The van der Waals surface area contributed by atoms with Crippen LogP contribution in [0.15, 0.2) is 0 Å². The summed E-state index contributed by atoms with van der Waals surface area (Å²) in [6.45, 7) is 1.99. The summed E-state index contributed by atoms with van der Waals surface area (Å²) in [6.07, 6.45) is -3.41. The third-order valence-corrected chi connectivity index (χ3v) is 2.88. The lowest BCUT2D eigenvalue weighted by Crippen LogP contribution is -2.30. The molecule has 0 saturated carbocycles. The normalized spacial score (nSPS) is 17.0. The summed E-state index contributed by atoms with van der Waals surface area (Å²) in [6, 6.07) is 0. The van der Waals surface area contributed by atoms with Gasteiger partial charge in [-0.3, -0.25) is 4.21 Å². The Morgan fingerprint density at radius 1 is 1.46 bits per heavy atom. The molecule has 0 aliphatic rings. The summed E-state index contributed by atoms with van der Waals surface area (Å²) >= 11 is 0. The van der Waals surface area contributed by atoms with Gasteiger partial charge in [-0.25, -0.2) is 0 Å². The zero-order valence-electron chi connectivity index (χ0n) is 7.65. The number of alkyl halides is 3. The van der Waals surface area contributed by atoms with E-state index in [0.717, 1.165) is 0 Å². The van der Waals surface area contributed by atoms with Crippen LogP contribution in [0.25, 0.3) is 0 Å². The first kappa shape index (κ1) is 12.9. The quantitative estimate of drug-likeness (QED) is 0.703. The smallest absolute Gasteiger partial charge is 0.315 e. The molecule has 0 amide bonds. The number of hydrogen-bond donors (Lipinski definition) is 1. The SMILES string of the molecule is CC(CNCCC(F)(F)F)S(C)=O. The molecule has 0 bridgehead atoms. The Morgan fingerprint density at radius 3 is 2.38 bits per heavy atom. The van der Waals surface area contributed by atoms with Crippen molar-refractivity contribution in [1.82, 2.24) is 5.32 Å². The molecular weight excluding hydrogens is 203 g/mol. The maximum atomic E-state index is 11.6. The molecule has 0 aromatic rings. The number of nitrogens with one attached hydrogen (secondary N) is 1. The molecular formula is C7H14F3NOS. The van der Waals surface area contributed by atoms with E-state index in [0.29, 0.717) is 6.54 Å². The van der Waals surface area contributed by atoms with Gasteiger partial charge in [0.05, 0.1) is 6.42 Å². The van der Waals surface area contributed by atoms with Gasteiger partial charge in [0.2, 0.25) is 0 Å². The Balaban J connectivity index is 3.41. The topological polar surface area (TPSA) is 29.1 Å². The highest BCUT2D eigenvalue weighted by Crippen LogP contribution is 2.17. The van der Waals surface area contributed by atoms with Crippen LogP contribution in [0.1, 0.15) is 13.3 Å². The molecule has 80 valence electrons. The molecule has 0 aliphatic carbocycles. The third kappa shape index (κ3) is 8.24. The van der Waals surface area contributed by atoms with Crippen molar-refractivity contribution in [1.29, 1.82) is 0 Å². The lowest BCUT2D eigenvalue weighted by Gasteiger charge is -2.10. The van der Waals surface area contributed by atoms with Gasteiger partial charge in [-0.1, -0.05) is 0 Å². The molecule has 13 heavy (non-hydrogen) atoms. The molecule has 1 N–H and O–H groups in total. The fourth-order valence-corrected chi connectivity index (χ4v) is 1.01. The highest BCUT2D eigenvalue weighted by molar-refractivity contribution is 7.84. The van der Waals surface area contributed by atoms with Crippen molar-refractivity contribution in [3.63, 3.8) is 0 Å². The molecule has 0 aromatic carbocycles. The predicted octanol–water partition coefficient (Wildman–Crippen LogP) is 1.30. The first-order valence-electron chi connectivity index (χ1n) is 3.92. The number of rotatable bonds is 5. The van der Waals surface area contributed by atoms with Gasteiger partial charge in [0.25, 0.3) is 0 Å².